The largest absolute Gasteiger partial charge is 0.490 e. The third kappa shape index (κ3) is 1.81. The Hall–Kier alpha value is -2.04. The van der Waals surface area contributed by atoms with Crippen LogP contribution in [0.25, 0.3) is 10.9 Å². The van der Waals surface area contributed by atoms with Gasteiger partial charge in [-0.25, -0.2) is 4.98 Å². The van der Waals surface area contributed by atoms with Gasteiger partial charge < -0.3 is 14.5 Å². The van der Waals surface area contributed by atoms with E-state index in [1.807, 2.05) is 6.92 Å². The zero-order valence-electron chi connectivity index (χ0n) is 10.2. The van der Waals surface area contributed by atoms with Crippen molar-refractivity contribution in [1.29, 1.82) is 0 Å². The van der Waals surface area contributed by atoms with Gasteiger partial charge in [0.15, 0.2) is 11.5 Å². The Morgan fingerprint density at radius 3 is 2.72 bits per heavy atom. The van der Waals surface area contributed by atoms with Crippen LogP contribution in [0.3, 0.4) is 0 Å². The first-order valence-corrected chi connectivity index (χ1v) is 6.10. The van der Waals surface area contributed by atoms with Crippen LogP contribution in [0.15, 0.2) is 16.9 Å². The summed E-state index contributed by atoms with van der Waals surface area (Å²) in [5.41, 5.74) is 0.521. The number of rotatable bonds is 1. The molecule has 0 saturated heterocycles. The Morgan fingerprint density at radius 1 is 1.28 bits per heavy atom. The number of benzene rings is 1. The van der Waals surface area contributed by atoms with E-state index in [0.29, 0.717) is 47.9 Å². The molecule has 0 unspecified atom stereocenters. The summed E-state index contributed by atoms with van der Waals surface area (Å²) in [6.07, 6.45) is 1.54. The molecule has 2 heterocycles. The van der Waals surface area contributed by atoms with Gasteiger partial charge in [-0.15, -0.1) is 0 Å². The topological polar surface area (TPSA) is 64.2 Å². The molecule has 94 valence electrons. The minimum Gasteiger partial charge on any atom is -0.490 e. The highest BCUT2D eigenvalue weighted by atomic mass is 16.5. The standard InChI is InChI=1S/C13H14N2O3/c1-2-12-14-9-7-11-10(17-4-3-5-18-11)6-8(9)13(16)15-12/h6-7H,2-5H2,1H3,(H,14,15,16). The van der Waals surface area contributed by atoms with Crippen molar-refractivity contribution in [2.45, 2.75) is 19.8 Å². The second-order valence-electron chi connectivity index (χ2n) is 4.23. The molecule has 3 rings (SSSR count). The van der Waals surface area contributed by atoms with E-state index >= 15 is 0 Å². The first-order chi connectivity index (χ1) is 8.78. The Kier molecular flexibility index (Phi) is 2.66. The lowest BCUT2D eigenvalue weighted by atomic mass is 10.2. The molecule has 0 saturated carbocycles. The number of hydrogen-bond acceptors (Lipinski definition) is 4. The number of nitrogens with one attached hydrogen (secondary N) is 1. The molecule has 0 radical (unpaired) electrons. The van der Waals surface area contributed by atoms with Gasteiger partial charge in [-0.3, -0.25) is 4.79 Å². The Morgan fingerprint density at radius 2 is 2.00 bits per heavy atom. The minimum absolute atomic E-state index is 0.132. The van der Waals surface area contributed by atoms with E-state index in [1.54, 1.807) is 12.1 Å². The molecule has 1 aliphatic rings. The Balaban J connectivity index is 2.25. The zero-order valence-corrected chi connectivity index (χ0v) is 10.2. The second kappa shape index (κ2) is 4.33. The van der Waals surface area contributed by atoms with Crippen molar-refractivity contribution in [1.82, 2.24) is 9.97 Å². The maximum atomic E-state index is 11.9. The Labute approximate surface area is 104 Å². The van der Waals surface area contributed by atoms with Gasteiger partial charge in [0.05, 0.1) is 24.1 Å². The molecule has 5 nitrogen and oxygen atoms in total. The quantitative estimate of drug-likeness (QED) is 0.831. The summed E-state index contributed by atoms with van der Waals surface area (Å²) in [5, 5.41) is 0.538. The molecule has 0 atom stereocenters. The molecule has 1 aliphatic heterocycles. The first-order valence-electron chi connectivity index (χ1n) is 6.10. The van der Waals surface area contributed by atoms with E-state index in [4.69, 9.17) is 9.47 Å². The molecule has 1 aromatic carbocycles. The van der Waals surface area contributed by atoms with Gasteiger partial charge in [0, 0.05) is 18.9 Å². The number of aromatic amines is 1. The molecular weight excluding hydrogens is 232 g/mol. The van der Waals surface area contributed by atoms with Crippen LogP contribution < -0.4 is 15.0 Å². The van der Waals surface area contributed by atoms with Crippen LogP contribution in [0.4, 0.5) is 0 Å². The molecule has 1 aromatic heterocycles. The number of aromatic nitrogens is 2. The van der Waals surface area contributed by atoms with Crippen LogP contribution >= 0.6 is 0 Å². The molecular formula is C13H14N2O3. The number of aryl methyl sites for hydroxylation is 1. The summed E-state index contributed by atoms with van der Waals surface area (Å²) in [4.78, 5) is 19.1. The smallest absolute Gasteiger partial charge is 0.258 e. The predicted molar refractivity (Wildman–Crippen MR) is 67.3 cm³/mol. The van der Waals surface area contributed by atoms with Gasteiger partial charge >= 0.3 is 0 Å². The number of H-pyrrole nitrogens is 1. The molecule has 0 amide bonds. The van der Waals surface area contributed by atoms with Crippen molar-refractivity contribution in [2.75, 3.05) is 13.2 Å². The van der Waals surface area contributed by atoms with Gasteiger partial charge in [-0.2, -0.15) is 0 Å². The Bertz CT molecular complexity index is 648. The van der Waals surface area contributed by atoms with Crippen LogP contribution in [-0.2, 0) is 6.42 Å². The van der Waals surface area contributed by atoms with Crippen LogP contribution in [-0.4, -0.2) is 23.2 Å². The highest BCUT2D eigenvalue weighted by molar-refractivity contribution is 5.81. The zero-order chi connectivity index (χ0) is 12.5. The van der Waals surface area contributed by atoms with Crippen LogP contribution in [0, 0.1) is 0 Å². The van der Waals surface area contributed by atoms with Crippen molar-refractivity contribution in [2.24, 2.45) is 0 Å². The molecule has 5 heteroatoms. The minimum atomic E-state index is -0.132. The summed E-state index contributed by atoms with van der Waals surface area (Å²) in [7, 11) is 0. The average Bonchev–Trinajstić information content (AvgIpc) is 2.61. The third-order valence-corrected chi connectivity index (χ3v) is 2.96. The maximum absolute atomic E-state index is 11.9. The third-order valence-electron chi connectivity index (χ3n) is 2.96. The SMILES string of the molecule is CCc1nc2cc3c(cc2c(=O)[nH]1)OCCCO3. The fourth-order valence-electron chi connectivity index (χ4n) is 2.01. The van der Waals surface area contributed by atoms with E-state index in [0.717, 1.165) is 6.42 Å². The number of fused-ring (bicyclic) bond motifs is 2. The van der Waals surface area contributed by atoms with Crippen molar-refractivity contribution in [3.8, 4) is 11.5 Å². The first kappa shape index (κ1) is 11.1. The van der Waals surface area contributed by atoms with E-state index in [9.17, 15) is 4.79 Å². The maximum Gasteiger partial charge on any atom is 0.258 e. The van der Waals surface area contributed by atoms with Gasteiger partial charge in [-0.05, 0) is 6.07 Å². The van der Waals surface area contributed by atoms with Gasteiger partial charge in [0.2, 0.25) is 0 Å². The lowest BCUT2D eigenvalue weighted by molar-refractivity contribution is 0.297. The van der Waals surface area contributed by atoms with E-state index in [1.165, 1.54) is 0 Å². The monoisotopic (exact) mass is 246 g/mol. The lowest BCUT2D eigenvalue weighted by Gasteiger charge is -2.08. The van der Waals surface area contributed by atoms with Crippen molar-refractivity contribution in [3.05, 3.63) is 28.3 Å². The number of nitrogens with zero attached hydrogens (tertiary/aromatic N) is 1. The second-order valence-corrected chi connectivity index (χ2v) is 4.23. The van der Waals surface area contributed by atoms with Crippen molar-refractivity contribution in [3.63, 3.8) is 0 Å². The fourth-order valence-corrected chi connectivity index (χ4v) is 2.01. The van der Waals surface area contributed by atoms with Crippen LogP contribution in [0.5, 0.6) is 11.5 Å². The van der Waals surface area contributed by atoms with Crippen molar-refractivity contribution >= 4 is 10.9 Å². The summed E-state index contributed by atoms with van der Waals surface area (Å²) in [5.74, 6) is 1.97. The highest BCUT2D eigenvalue weighted by Gasteiger charge is 2.14. The molecule has 1 N–H and O–H groups in total. The molecule has 0 aliphatic carbocycles. The van der Waals surface area contributed by atoms with E-state index < -0.39 is 0 Å². The summed E-state index contributed by atoms with van der Waals surface area (Å²) >= 11 is 0. The summed E-state index contributed by atoms with van der Waals surface area (Å²) in [6, 6.07) is 3.49. The summed E-state index contributed by atoms with van der Waals surface area (Å²) < 4.78 is 11.2. The molecule has 0 bridgehead atoms. The normalized spacial score (nSPS) is 14.5. The molecule has 18 heavy (non-hydrogen) atoms. The van der Waals surface area contributed by atoms with Crippen LogP contribution in [0.1, 0.15) is 19.2 Å². The molecule has 0 spiro atoms. The predicted octanol–water partition coefficient (Wildman–Crippen LogP) is 1.65. The highest BCUT2D eigenvalue weighted by Crippen LogP contribution is 2.32. The average molecular weight is 246 g/mol. The summed E-state index contributed by atoms with van der Waals surface area (Å²) in [6.45, 7) is 3.19. The van der Waals surface area contributed by atoms with E-state index in [-0.39, 0.29) is 5.56 Å². The van der Waals surface area contributed by atoms with Crippen molar-refractivity contribution < 1.29 is 9.47 Å². The van der Waals surface area contributed by atoms with Gasteiger partial charge in [0.25, 0.3) is 5.56 Å². The molecule has 2 aromatic rings. The molecule has 0 fully saturated rings. The van der Waals surface area contributed by atoms with Gasteiger partial charge in [0.1, 0.15) is 5.82 Å². The lowest BCUT2D eigenvalue weighted by Crippen LogP contribution is -2.11. The van der Waals surface area contributed by atoms with Gasteiger partial charge in [-0.1, -0.05) is 6.92 Å². The van der Waals surface area contributed by atoms with E-state index in [2.05, 4.69) is 9.97 Å². The fraction of sp³-hybridized carbons (Fsp3) is 0.385. The van der Waals surface area contributed by atoms with Crippen LogP contribution in [0.2, 0.25) is 0 Å². The number of ether oxygens (including phenoxy) is 2. The number of hydrogen-bond donors (Lipinski definition) is 1.